The number of nitrogens with zero attached hydrogens (tertiary/aromatic N) is 5. The largest absolute Gasteiger partial charge is 0.462 e. The Morgan fingerprint density at radius 1 is 0.919 bits per heavy atom. The highest BCUT2D eigenvalue weighted by Crippen LogP contribution is 2.37. The van der Waals surface area contributed by atoms with Crippen LogP contribution in [0.25, 0.3) is 11.3 Å². The van der Waals surface area contributed by atoms with Crippen LogP contribution >= 0.6 is 0 Å². The van der Waals surface area contributed by atoms with Gasteiger partial charge in [-0.2, -0.15) is 0 Å². The Balaban J connectivity index is 1.85. The summed E-state index contributed by atoms with van der Waals surface area (Å²) in [7, 11) is 0. The number of carbonyl (C=O) groups is 4. The Morgan fingerprint density at radius 3 is 2.14 bits per heavy atom. The monoisotopic (exact) mass is 507 g/mol. The van der Waals surface area contributed by atoms with Gasteiger partial charge in [-0.05, 0) is 26.0 Å². The summed E-state index contributed by atoms with van der Waals surface area (Å²) in [6.07, 6.45) is 6.28. The third kappa shape index (κ3) is 4.97. The normalized spacial score (nSPS) is 15.0. The molecule has 4 rings (SSSR count). The molecule has 11 heteroatoms. The van der Waals surface area contributed by atoms with Crippen molar-refractivity contribution in [3.63, 3.8) is 0 Å². The first-order valence-corrected chi connectivity index (χ1v) is 12.0. The maximum absolute atomic E-state index is 12.6. The molecule has 0 bridgehead atoms. The van der Waals surface area contributed by atoms with Gasteiger partial charge in [-0.15, -0.1) is 0 Å². The van der Waals surface area contributed by atoms with Gasteiger partial charge in [0.2, 0.25) is 17.8 Å². The van der Waals surface area contributed by atoms with Crippen LogP contribution < -0.4 is 9.91 Å². The highest BCUT2D eigenvalue weighted by Gasteiger charge is 2.35. The molecular formula is C26H29N5O6. The number of carbonyl (C=O) groups excluding carboxylic acids is 4. The summed E-state index contributed by atoms with van der Waals surface area (Å²) in [5.41, 5.74) is 2.26. The van der Waals surface area contributed by atoms with Crippen molar-refractivity contribution in [2.75, 3.05) is 36.2 Å². The zero-order valence-corrected chi connectivity index (χ0v) is 21.2. The number of anilines is 1. The number of allylic oxidation sites excluding steroid dienone is 2. The van der Waals surface area contributed by atoms with E-state index in [1.54, 1.807) is 72.3 Å². The smallest absolute Gasteiger partial charge is 0.417 e. The maximum atomic E-state index is 12.6. The van der Waals surface area contributed by atoms with Crippen molar-refractivity contribution >= 4 is 29.8 Å². The SMILES string of the molecule is CCOC(=O)c1ccc(-c2nc3n(c2C2C=CN(C(=O)OCC)C=C2)N(C(C)=O)CCN3C(C)=O)cc1. The van der Waals surface area contributed by atoms with Gasteiger partial charge in [-0.3, -0.25) is 19.4 Å². The van der Waals surface area contributed by atoms with Crippen molar-refractivity contribution in [3.8, 4) is 11.3 Å². The van der Waals surface area contributed by atoms with Crippen LogP contribution in [0.15, 0.2) is 48.8 Å². The second kappa shape index (κ2) is 10.7. The molecule has 0 unspecified atom stereocenters. The van der Waals surface area contributed by atoms with E-state index in [1.165, 1.54) is 23.6 Å². The predicted octanol–water partition coefficient (Wildman–Crippen LogP) is 3.16. The fraction of sp³-hybridized carbons (Fsp3) is 0.346. The number of amides is 3. The topological polar surface area (TPSA) is 114 Å². The average Bonchev–Trinajstić information content (AvgIpc) is 3.29. The lowest BCUT2D eigenvalue weighted by Gasteiger charge is -2.36. The molecule has 194 valence electrons. The molecule has 2 aliphatic rings. The summed E-state index contributed by atoms with van der Waals surface area (Å²) in [6.45, 7) is 7.49. The lowest BCUT2D eigenvalue weighted by molar-refractivity contribution is -0.119. The minimum Gasteiger partial charge on any atom is -0.462 e. The number of fused-ring (bicyclic) bond motifs is 1. The van der Waals surface area contributed by atoms with E-state index in [1.807, 2.05) is 0 Å². The van der Waals surface area contributed by atoms with Crippen LogP contribution in [0, 0.1) is 0 Å². The molecule has 11 nitrogen and oxygen atoms in total. The quantitative estimate of drug-likeness (QED) is 0.571. The number of hydrogen-bond donors (Lipinski definition) is 0. The molecule has 0 saturated carbocycles. The Bertz CT molecular complexity index is 1270. The lowest BCUT2D eigenvalue weighted by Crippen LogP contribution is -2.52. The van der Waals surface area contributed by atoms with Crippen molar-refractivity contribution in [2.24, 2.45) is 0 Å². The second-order valence-electron chi connectivity index (χ2n) is 8.38. The van der Waals surface area contributed by atoms with Gasteiger partial charge in [0.05, 0.1) is 36.7 Å². The first kappa shape index (κ1) is 25.7. The average molecular weight is 508 g/mol. The molecule has 3 amide bonds. The number of ether oxygens (including phenoxy) is 2. The predicted molar refractivity (Wildman–Crippen MR) is 135 cm³/mol. The highest BCUT2D eigenvalue weighted by atomic mass is 16.6. The Morgan fingerprint density at radius 2 is 1.57 bits per heavy atom. The fourth-order valence-corrected chi connectivity index (χ4v) is 4.29. The van der Waals surface area contributed by atoms with Crippen LogP contribution in [0.2, 0.25) is 0 Å². The number of imidazole rings is 1. The van der Waals surface area contributed by atoms with Gasteiger partial charge in [0, 0.05) is 44.3 Å². The van der Waals surface area contributed by atoms with Gasteiger partial charge in [-0.1, -0.05) is 24.3 Å². The summed E-state index contributed by atoms with van der Waals surface area (Å²) >= 11 is 0. The summed E-state index contributed by atoms with van der Waals surface area (Å²) in [5.74, 6) is -0.901. The molecule has 0 atom stereocenters. The summed E-state index contributed by atoms with van der Waals surface area (Å²) < 4.78 is 11.8. The number of esters is 1. The van der Waals surface area contributed by atoms with E-state index in [-0.39, 0.29) is 30.9 Å². The van der Waals surface area contributed by atoms with Gasteiger partial charge in [0.1, 0.15) is 0 Å². The van der Waals surface area contributed by atoms with E-state index < -0.39 is 12.1 Å². The summed E-state index contributed by atoms with van der Waals surface area (Å²) in [5, 5.41) is 1.55. The molecule has 2 aliphatic heterocycles. The van der Waals surface area contributed by atoms with Crippen LogP contribution in [0.1, 0.15) is 49.7 Å². The molecular weight excluding hydrogens is 478 g/mol. The highest BCUT2D eigenvalue weighted by molar-refractivity contribution is 5.94. The molecule has 1 aromatic carbocycles. The molecule has 0 N–H and O–H groups in total. The lowest BCUT2D eigenvalue weighted by atomic mass is 9.98. The minimum absolute atomic E-state index is 0.201. The van der Waals surface area contributed by atoms with Crippen molar-refractivity contribution < 1.29 is 28.7 Å². The van der Waals surface area contributed by atoms with E-state index >= 15 is 0 Å². The molecule has 3 heterocycles. The molecule has 37 heavy (non-hydrogen) atoms. The van der Waals surface area contributed by atoms with E-state index in [0.717, 1.165) is 0 Å². The summed E-state index contributed by atoms with van der Waals surface area (Å²) in [4.78, 5) is 57.1. The van der Waals surface area contributed by atoms with Crippen molar-refractivity contribution in [3.05, 3.63) is 60.1 Å². The van der Waals surface area contributed by atoms with Gasteiger partial charge in [0.25, 0.3) is 0 Å². The Kier molecular flexibility index (Phi) is 7.42. The second-order valence-corrected chi connectivity index (χ2v) is 8.38. The van der Waals surface area contributed by atoms with Crippen molar-refractivity contribution in [1.82, 2.24) is 14.6 Å². The summed E-state index contributed by atoms with van der Waals surface area (Å²) in [6, 6.07) is 6.80. The Hall–Kier alpha value is -4.41. The molecule has 1 aromatic heterocycles. The van der Waals surface area contributed by atoms with E-state index in [9.17, 15) is 19.2 Å². The van der Waals surface area contributed by atoms with E-state index in [2.05, 4.69) is 0 Å². The number of benzene rings is 1. The molecule has 0 saturated heterocycles. The molecule has 0 aliphatic carbocycles. The van der Waals surface area contributed by atoms with Crippen LogP contribution in [-0.4, -0.2) is 64.7 Å². The molecule has 0 radical (unpaired) electrons. The third-order valence-corrected chi connectivity index (χ3v) is 6.01. The standard InChI is InChI=1S/C26H29N5O6/c1-5-36-24(34)21-9-7-19(8-10-21)22-23(20-11-13-28(14-12-20)26(35)37-6-2)31-25(27-22)29(17(3)32)15-16-30(31)18(4)33/h7-14,20H,5-6,15-16H2,1-4H3. The van der Waals surface area contributed by atoms with Gasteiger partial charge in [-0.25, -0.2) is 24.3 Å². The third-order valence-electron chi connectivity index (χ3n) is 6.01. The van der Waals surface area contributed by atoms with E-state index in [4.69, 9.17) is 14.5 Å². The van der Waals surface area contributed by atoms with Gasteiger partial charge < -0.3 is 9.47 Å². The van der Waals surface area contributed by atoms with Gasteiger partial charge in [0.15, 0.2) is 0 Å². The van der Waals surface area contributed by atoms with Crippen molar-refractivity contribution in [2.45, 2.75) is 33.6 Å². The van der Waals surface area contributed by atoms with E-state index in [0.29, 0.717) is 41.6 Å². The van der Waals surface area contributed by atoms with Crippen LogP contribution in [0.4, 0.5) is 10.7 Å². The maximum Gasteiger partial charge on any atom is 0.417 e. The minimum atomic E-state index is -0.508. The Labute approximate surface area is 214 Å². The van der Waals surface area contributed by atoms with Crippen molar-refractivity contribution in [1.29, 1.82) is 0 Å². The number of hydrogen-bond acceptors (Lipinski definition) is 7. The molecule has 2 aromatic rings. The first-order valence-electron chi connectivity index (χ1n) is 12.0. The number of rotatable bonds is 5. The number of aromatic nitrogens is 2. The van der Waals surface area contributed by atoms with Crippen LogP contribution in [0.3, 0.4) is 0 Å². The van der Waals surface area contributed by atoms with Crippen LogP contribution in [-0.2, 0) is 19.1 Å². The molecule has 0 fully saturated rings. The zero-order valence-electron chi connectivity index (χ0n) is 21.2. The molecule has 0 spiro atoms. The fourth-order valence-electron chi connectivity index (χ4n) is 4.29. The van der Waals surface area contributed by atoms with Gasteiger partial charge >= 0.3 is 12.1 Å². The zero-order chi connectivity index (χ0) is 26.7. The first-order chi connectivity index (χ1) is 17.8. The van der Waals surface area contributed by atoms with Crippen LogP contribution in [0.5, 0.6) is 0 Å².